The maximum atomic E-state index is 5.92. The molecule has 0 saturated heterocycles. The van der Waals surface area contributed by atoms with Crippen LogP contribution < -0.4 is 0 Å². The molecule has 72 valence electrons. The maximum absolute atomic E-state index is 5.92. The van der Waals surface area contributed by atoms with Gasteiger partial charge in [0.15, 0.2) is 0 Å². The molecule has 0 nitrogen and oxygen atoms in total. The van der Waals surface area contributed by atoms with Crippen LogP contribution in [0.15, 0.2) is 28.7 Å². The molecule has 13 heavy (non-hydrogen) atoms. The van der Waals surface area contributed by atoms with Crippen LogP contribution in [-0.4, -0.2) is 6.00 Å². The Morgan fingerprint density at radius 2 is 1.62 bits per heavy atom. The molecule has 0 saturated carbocycles. The van der Waals surface area contributed by atoms with Gasteiger partial charge in [0.2, 0.25) is 0 Å². The fourth-order valence-corrected chi connectivity index (χ4v) is 2.91. The third kappa shape index (κ3) is 3.44. The summed E-state index contributed by atoms with van der Waals surface area (Å²) in [5, 5.41) is 0. The van der Waals surface area contributed by atoms with Crippen LogP contribution in [0.3, 0.4) is 0 Å². The maximum Gasteiger partial charge on any atom is 0.348 e. The van der Waals surface area contributed by atoms with Crippen LogP contribution in [0.25, 0.3) is 0 Å². The molecule has 0 aliphatic rings. The second-order valence-corrected chi connectivity index (χ2v) is 12.8. The van der Waals surface area contributed by atoms with Gasteiger partial charge >= 0.3 is 6.00 Å². The van der Waals surface area contributed by atoms with Gasteiger partial charge in [-0.15, -0.1) is 33.2 Å². The summed E-state index contributed by atoms with van der Waals surface area (Å²) in [6.07, 6.45) is 0. The van der Waals surface area contributed by atoms with Crippen molar-refractivity contribution in [3.05, 3.63) is 34.3 Å². The van der Waals surface area contributed by atoms with E-state index in [9.17, 15) is 0 Å². The van der Waals surface area contributed by atoms with Crippen LogP contribution in [0.5, 0.6) is 0 Å². The largest absolute Gasteiger partial charge is 0.348 e. The number of rotatable bonds is 2. The van der Waals surface area contributed by atoms with Crippen molar-refractivity contribution in [3.63, 3.8) is 0 Å². The van der Waals surface area contributed by atoms with E-state index < -0.39 is 6.00 Å². The summed E-state index contributed by atoms with van der Waals surface area (Å²) in [5.41, 5.74) is 1.11. The Morgan fingerprint density at radius 3 is 2.00 bits per heavy atom. The molecule has 1 rings (SSSR count). The van der Waals surface area contributed by atoms with Crippen molar-refractivity contribution in [3.8, 4) is 0 Å². The van der Waals surface area contributed by atoms with Crippen LogP contribution in [0.2, 0.25) is 0 Å². The minimum atomic E-state index is -2.62. The summed E-state index contributed by atoms with van der Waals surface area (Å²) in [7, 11) is 0. The first kappa shape index (κ1) is 11.9. The van der Waals surface area contributed by atoms with Crippen LogP contribution in [0.1, 0.15) is 18.0 Å². The van der Waals surface area contributed by atoms with Crippen LogP contribution in [0, 0.1) is 0 Å². The third-order valence-corrected chi connectivity index (χ3v) is 6.65. The lowest BCUT2D eigenvalue weighted by Crippen LogP contribution is -2.20. The molecule has 0 aliphatic heterocycles. The number of halogens is 4. The average Bonchev–Trinajstić information content (AvgIpc) is 2.03. The van der Waals surface area contributed by atoms with E-state index in [0.29, 0.717) is 0 Å². The average molecular weight is 319 g/mol. The number of hydrogen-bond acceptors (Lipinski definition) is 0. The Bertz CT molecular complexity index is 280. The Kier molecular flexibility index (Phi) is 4.14. The molecule has 0 aromatic heterocycles. The summed E-state index contributed by atoms with van der Waals surface area (Å²) >= 11 is 21.1. The van der Waals surface area contributed by atoms with Crippen molar-refractivity contribution < 1.29 is 0 Å². The Hall–Kier alpha value is 0.787. The first-order valence-electron chi connectivity index (χ1n) is 3.73. The van der Waals surface area contributed by atoms with E-state index in [2.05, 4.69) is 15.9 Å². The minimum Gasteiger partial charge on any atom is -0.125 e. The zero-order valence-corrected chi connectivity index (χ0v) is 11.8. The Balaban J connectivity index is 2.90. The molecule has 0 amide bonds. The first-order valence-corrected chi connectivity index (χ1v) is 9.64. The molecule has 1 aromatic rings. The van der Waals surface area contributed by atoms with Crippen molar-refractivity contribution in [2.75, 3.05) is 0 Å². The van der Waals surface area contributed by atoms with Gasteiger partial charge in [0.05, 0.1) is 0 Å². The molecule has 0 spiro atoms. The van der Waals surface area contributed by atoms with Gasteiger partial charge in [-0.3, -0.25) is 0 Å². The van der Waals surface area contributed by atoms with Gasteiger partial charge in [-0.1, -0.05) is 35.0 Å². The molecule has 0 radical (unpaired) electrons. The summed E-state index contributed by atoms with van der Waals surface area (Å²) in [4.78, 5) is 0. The van der Waals surface area contributed by atoms with Crippen molar-refractivity contribution in [2.24, 2.45) is 0 Å². The van der Waals surface area contributed by atoms with E-state index >= 15 is 0 Å². The highest BCUT2D eigenvalue weighted by Crippen LogP contribution is 2.36. The Morgan fingerprint density at radius 1 is 1.15 bits per heavy atom. The van der Waals surface area contributed by atoms with E-state index in [1.54, 1.807) is 0 Å². The van der Waals surface area contributed by atoms with E-state index in [0.717, 1.165) is 10.0 Å². The summed E-state index contributed by atoms with van der Waals surface area (Å²) in [5.74, 6) is 0. The smallest absolute Gasteiger partial charge is 0.125 e. The third-order valence-electron chi connectivity index (χ3n) is 1.86. The van der Waals surface area contributed by atoms with Gasteiger partial charge in [-0.2, -0.15) is 0 Å². The molecule has 0 N–H and O–H groups in total. The van der Waals surface area contributed by atoms with Gasteiger partial charge in [-0.05, 0) is 17.7 Å². The van der Waals surface area contributed by atoms with Crippen molar-refractivity contribution in [1.82, 2.24) is 0 Å². The summed E-state index contributed by atoms with van der Waals surface area (Å²) in [6, 6.07) is 5.24. The van der Waals surface area contributed by atoms with Gasteiger partial charge in [0.1, 0.15) is 0 Å². The van der Waals surface area contributed by atoms with Gasteiger partial charge in [0, 0.05) is 10.0 Å². The van der Waals surface area contributed by atoms with Crippen molar-refractivity contribution in [2.45, 2.75) is 12.5 Å². The highest BCUT2D eigenvalue weighted by Gasteiger charge is 2.34. The second-order valence-electron chi connectivity index (χ2n) is 2.81. The minimum absolute atomic E-state index is 0.0330. The SMILES string of the molecule is CC(c1ccc(Br)cc1)[Si](Cl)(Cl)Cl. The quantitative estimate of drug-likeness (QED) is 0.545. The summed E-state index contributed by atoms with van der Waals surface area (Å²) in [6.45, 7) is 1.95. The lowest BCUT2D eigenvalue weighted by atomic mass is 10.2. The van der Waals surface area contributed by atoms with Crippen molar-refractivity contribution >= 4 is 55.2 Å². The van der Waals surface area contributed by atoms with Crippen molar-refractivity contribution in [1.29, 1.82) is 0 Å². The fourth-order valence-electron chi connectivity index (χ4n) is 0.940. The van der Waals surface area contributed by atoms with Crippen LogP contribution >= 0.6 is 49.2 Å². The van der Waals surface area contributed by atoms with E-state index in [-0.39, 0.29) is 5.54 Å². The first-order chi connectivity index (χ1) is 5.91. The Labute approximate surface area is 101 Å². The van der Waals surface area contributed by atoms with Crippen LogP contribution in [0.4, 0.5) is 0 Å². The topological polar surface area (TPSA) is 0 Å². The zero-order valence-electron chi connectivity index (χ0n) is 6.90. The standard InChI is InChI=1S/C8H8BrCl3Si/c1-6(13(10,11)12)7-2-4-8(9)5-3-7/h2-6H,1H3. The van der Waals surface area contributed by atoms with Gasteiger partial charge < -0.3 is 0 Å². The van der Waals surface area contributed by atoms with E-state index in [4.69, 9.17) is 33.2 Å². The predicted molar refractivity (Wildman–Crippen MR) is 65.9 cm³/mol. The summed E-state index contributed by atoms with van der Waals surface area (Å²) < 4.78 is 1.04. The molecule has 0 heterocycles. The highest BCUT2D eigenvalue weighted by atomic mass is 79.9. The van der Waals surface area contributed by atoms with Crippen LogP contribution in [-0.2, 0) is 0 Å². The monoisotopic (exact) mass is 316 g/mol. The molecule has 5 heteroatoms. The molecule has 1 atom stereocenters. The van der Waals surface area contributed by atoms with E-state index in [1.165, 1.54) is 0 Å². The lowest BCUT2D eigenvalue weighted by molar-refractivity contribution is 1.06. The van der Waals surface area contributed by atoms with E-state index in [1.807, 2.05) is 31.2 Å². The number of hydrogen-bond donors (Lipinski definition) is 0. The van der Waals surface area contributed by atoms with Gasteiger partial charge in [-0.25, -0.2) is 0 Å². The molecule has 1 aromatic carbocycles. The molecule has 0 aliphatic carbocycles. The molecule has 0 fully saturated rings. The molecule has 0 bridgehead atoms. The normalized spacial score (nSPS) is 14.2. The molecular weight excluding hydrogens is 310 g/mol. The molecular formula is C8H8BrCl3Si. The number of benzene rings is 1. The fraction of sp³-hybridized carbons (Fsp3) is 0.250. The van der Waals surface area contributed by atoms with Gasteiger partial charge in [0.25, 0.3) is 0 Å². The highest BCUT2D eigenvalue weighted by molar-refractivity contribution is 9.10. The molecule has 1 unspecified atom stereocenters. The second kappa shape index (κ2) is 4.54. The predicted octanol–water partition coefficient (Wildman–Crippen LogP) is 4.75. The zero-order chi connectivity index (χ0) is 10.1. The lowest BCUT2D eigenvalue weighted by Gasteiger charge is -2.17.